The Bertz CT molecular complexity index is 286. The first-order valence-electron chi connectivity index (χ1n) is 9.85. The number of rotatable bonds is 15. The fourth-order valence-corrected chi connectivity index (χ4v) is 3.54. The number of methoxy groups -OCH3 is 2. The summed E-state index contributed by atoms with van der Waals surface area (Å²) in [4.78, 5) is 0. The van der Waals surface area contributed by atoms with Gasteiger partial charge < -0.3 is 20.9 Å². The van der Waals surface area contributed by atoms with E-state index in [2.05, 4.69) is 20.8 Å². The van der Waals surface area contributed by atoms with Gasteiger partial charge in [-0.25, -0.2) is 0 Å². The molecule has 1 atom stereocenters. The summed E-state index contributed by atoms with van der Waals surface area (Å²) in [6, 6.07) is 0. The Morgan fingerprint density at radius 2 is 1.29 bits per heavy atom. The molecule has 0 saturated carbocycles. The third-order valence-electron chi connectivity index (χ3n) is 5.04. The zero-order chi connectivity index (χ0) is 18.5. The van der Waals surface area contributed by atoms with Crippen molar-refractivity contribution in [2.75, 3.05) is 27.3 Å². The second-order valence-corrected chi connectivity index (χ2v) is 8.25. The van der Waals surface area contributed by atoms with Gasteiger partial charge in [0.1, 0.15) is 0 Å². The number of hydrogen-bond acceptors (Lipinski definition) is 4. The largest absolute Gasteiger partial charge is 0.353 e. The van der Waals surface area contributed by atoms with Gasteiger partial charge in [0.15, 0.2) is 5.79 Å². The van der Waals surface area contributed by atoms with E-state index in [1.54, 1.807) is 14.2 Å². The maximum atomic E-state index is 5.84. The highest BCUT2D eigenvalue weighted by molar-refractivity contribution is 4.80. The molecule has 0 heterocycles. The molecule has 0 fully saturated rings. The van der Waals surface area contributed by atoms with Crippen molar-refractivity contribution in [1.29, 1.82) is 0 Å². The molecular formula is C20H44N2O2. The third kappa shape index (κ3) is 9.97. The third-order valence-corrected chi connectivity index (χ3v) is 5.04. The Hall–Kier alpha value is -0.160. The lowest BCUT2D eigenvalue weighted by molar-refractivity contribution is -0.246. The van der Waals surface area contributed by atoms with Gasteiger partial charge in [0, 0.05) is 26.6 Å². The van der Waals surface area contributed by atoms with Crippen LogP contribution < -0.4 is 11.5 Å². The van der Waals surface area contributed by atoms with E-state index in [1.165, 1.54) is 38.5 Å². The fourth-order valence-electron chi connectivity index (χ4n) is 3.54. The second kappa shape index (κ2) is 13.1. The summed E-state index contributed by atoms with van der Waals surface area (Å²) < 4.78 is 11.6. The normalized spacial score (nSPS) is 14.1. The lowest BCUT2D eigenvalue weighted by Crippen LogP contribution is -2.43. The zero-order valence-corrected chi connectivity index (χ0v) is 17.0. The van der Waals surface area contributed by atoms with Gasteiger partial charge >= 0.3 is 0 Å². The standard InChI is InChI=1S/C20H44N2O2/c1-19(2,3)14-10-8-6-7-9-12-18(13-17-22)20(23-4,24-5)15-11-16-21/h18H,6-17,21-22H2,1-5H3. The van der Waals surface area contributed by atoms with Crippen molar-refractivity contribution in [2.45, 2.75) is 90.8 Å². The van der Waals surface area contributed by atoms with Crippen LogP contribution in [0.25, 0.3) is 0 Å². The summed E-state index contributed by atoms with van der Waals surface area (Å²) in [6.07, 6.45) is 11.6. The summed E-state index contributed by atoms with van der Waals surface area (Å²) >= 11 is 0. The van der Waals surface area contributed by atoms with Gasteiger partial charge in [-0.15, -0.1) is 0 Å². The van der Waals surface area contributed by atoms with Crippen LogP contribution in [0.4, 0.5) is 0 Å². The van der Waals surface area contributed by atoms with Gasteiger partial charge in [0.05, 0.1) is 0 Å². The average Bonchev–Trinajstić information content (AvgIpc) is 2.54. The molecule has 0 aromatic heterocycles. The minimum Gasteiger partial charge on any atom is -0.353 e. The molecule has 0 aromatic rings. The van der Waals surface area contributed by atoms with Crippen molar-refractivity contribution in [2.24, 2.45) is 22.8 Å². The maximum absolute atomic E-state index is 5.84. The second-order valence-electron chi connectivity index (χ2n) is 8.25. The molecule has 0 saturated heterocycles. The van der Waals surface area contributed by atoms with Crippen molar-refractivity contribution in [3.63, 3.8) is 0 Å². The Balaban J connectivity index is 4.26. The molecule has 0 aliphatic rings. The van der Waals surface area contributed by atoms with Crippen LogP contribution in [-0.2, 0) is 9.47 Å². The molecule has 4 N–H and O–H groups in total. The van der Waals surface area contributed by atoms with E-state index in [0.29, 0.717) is 24.4 Å². The number of hydrogen-bond donors (Lipinski definition) is 2. The van der Waals surface area contributed by atoms with Crippen LogP contribution in [0.5, 0.6) is 0 Å². The minimum absolute atomic E-state index is 0.346. The Kier molecular flexibility index (Phi) is 13.0. The average molecular weight is 345 g/mol. The quantitative estimate of drug-likeness (QED) is 0.340. The van der Waals surface area contributed by atoms with Crippen molar-refractivity contribution in [3.05, 3.63) is 0 Å². The molecule has 1 unspecified atom stereocenters. The molecule has 4 nitrogen and oxygen atoms in total. The SMILES string of the molecule is COC(CCCN)(OC)C(CCN)CCCCCCCC(C)(C)C. The summed E-state index contributed by atoms with van der Waals surface area (Å²) in [7, 11) is 3.49. The van der Waals surface area contributed by atoms with Gasteiger partial charge in [0.2, 0.25) is 0 Å². The van der Waals surface area contributed by atoms with Crippen molar-refractivity contribution in [1.82, 2.24) is 0 Å². The Morgan fingerprint density at radius 1 is 0.708 bits per heavy atom. The van der Waals surface area contributed by atoms with Crippen LogP contribution in [0.15, 0.2) is 0 Å². The van der Waals surface area contributed by atoms with Crippen LogP contribution in [0, 0.1) is 11.3 Å². The van der Waals surface area contributed by atoms with Crippen LogP contribution in [0.3, 0.4) is 0 Å². The van der Waals surface area contributed by atoms with Crippen LogP contribution in [-0.4, -0.2) is 33.1 Å². The maximum Gasteiger partial charge on any atom is 0.170 e. The Labute approximate surface area is 151 Å². The topological polar surface area (TPSA) is 70.5 Å². The molecular weight excluding hydrogens is 300 g/mol. The summed E-state index contributed by atoms with van der Waals surface area (Å²) in [5.41, 5.74) is 12.0. The first-order chi connectivity index (χ1) is 11.3. The van der Waals surface area contributed by atoms with E-state index in [9.17, 15) is 0 Å². The molecule has 0 aliphatic carbocycles. The zero-order valence-electron chi connectivity index (χ0n) is 17.0. The smallest absolute Gasteiger partial charge is 0.170 e. The fraction of sp³-hybridized carbons (Fsp3) is 1.00. The van der Waals surface area contributed by atoms with Crippen LogP contribution in [0.2, 0.25) is 0 Å². The summed E-state index contributed by atoms with van der Waals surface area (Å²) in [5.74, 6) is -0.177. The van der Waals surface area contributed by atoms with Crippen LogP contribution >= 0.6 is 0 Å². The molecule has 0 aromatic carbocycles. The van der Waals surface area contributed by atoms with Crippen molar-refractivity contribution >= 4 is 0 Å². The highest BCUT2D eigenvalue weighted by Crippen LogP contribution is 2.34. The number of unbranched alkanes of at least 4 members (excludes halogenated alkanes) is 4. The summed E-state index contributed by atoms with van der Waals surface area (Å²) in [5, 5.41) is 0. The van der Waals surface area contributed by atoms with Gasteiger partial charge in [-0.05, 0) is 44.2 Å². The lowest BCUT2D eigenvalue weighted by atomic mass is 9.85. The molecule has 146 valence electrons. The van der Waals surface area contributed by atoms with E-state index in [1.807, 2.05) is 0 Å². The Morgan fingerprint density at radius 3 is 1.79 bits per heavy atom. The number of nitrogens with two attached hydrogens (primary N) is 2. The van der Waals surface area contributed by atoms with E-state index < -0.39 is 5.79 Å². The lowest BCUT2D eigenvalue weighted by Gasteiger charge is -2.38. The number of ether oxygens (including phenoxy) is 2. The van der Waals surface area contributed by atoms with E-state index in [0.717, 1.165) is 25.7 Å². The highest BCUT2D eigenvalue weighted by atomic mass is 16.7. The minimum atomic E-state index is -0.523. The molecule has 24 heavy (non-hydrogen) atoms. The highest BCUT2D eigenvalue weighted by Gasteiger charge is 2.37. The molecule has 0 spiro atoms. The first kappa shape index (κ1) is 23.8. The molecule has 0 amide bonds. The van der Waals surface area contributed by atoms with Crippen molar-refractivity contribution in [3.8, 4) is 0 Å². The molecule has 0 aliphatic heterocycles. The first-order valence-corrected chi connectivity index (χ1v) is 9.85. The monoisotopic (exact) mass is 344 g/mol. The summed E-state index contributed by atoms with van der Waals surface area (Å²) in [6.45, 7) is 8.30. The van der Waals surface area contributed by atoms with Gasteiger partial charge in [-0.3, -0.25) is 0 Å². The van der Waals surface area contributed by atoms with E-state index >= 15 is 0 Å². The van der Waals surface area contributed by atoms with Crippen molar-refractivity contribution < 1.29 is 9.47 Å². The van der Waals surface area contributed by atoms with Gasteiger partial charge in [-0.2, -0.15) is 0 Å². The van der Waals surface area contributed by atoms with Gasteiger partial charge in [-0.1, -0.05) is 52.9 Å². The molecule has 4 heteroatoms. The van der Waals surface area contributed by atoms with E-state index in [-0.39, 0.29) is 0 Å². The molecule has 0 rings (SSSR count). The molecule has 0 bridgehead atoms. The van der Waals surface area contributed by atoms with Crippen LogP contribution in [0.1, 0.15) is 85.0 Å². The predicted molar refractivity (Wildman–Crippen MR) is 104 cm³/mol. The van der Waals surface area contributed by atoms with E-state index in [4.69, 9.17) is 20.9 Å². The van der Waals surface area contributed by atoms with Gasteiger partial charge in [0.25, 0.3) is 0 Å². The predicted octanol–water partition coefficient (Wildman–Crippen LogP) is 4.46. The molecule has 0 radical (unpaired) electrons.